The molecule has 0 saturated carbocycles. The molecule has 0 amide bonds. The lowest BCUT2D eigenvalue weighted by Gasteiger charge is -2.20. The Balaban J connectivity index is 0.000000342. The number of hydrogen-bond acceptors (Lipinski definition) is 3. The number of rotatable bonds is 2. The molecule has 0 saturated heterocycles. The van der Waals surface area contributed by atoms with E-state index < -0.39 is 17.7 Å². The van der Waals surface area contributed by atoms with Crippen LogP contribution in [0, 0.1) is 0 Å². The molecule has 0 aromatic heterocycles. The summed E-state index contributed by atoms with van der Waals surface area (Å²) in [4.78, 5) is 9.70. The van der Waals surface area contributed by atoms with Crippen molar-refractivity contribution in [2.24, 2.45) is 5.73 Å². The second kappa shape index (κ2) is 6.53. The van der Waals surface area contributed by atoms with Gasteiger partial charge in [-0.1, -0.05) is 30.3 Å². The first-order chi connectivity index (χ1) is 8.50. The van der Waals surface area contributed by atoms with Crippen molar-refractivity contribution >= 4 is 5.97 Å². The standard InChI is InChI=1S/C8H11N.C4H5F3O3/c1-7(9)8-5-3-2-4-6-8;1-3(10,2(8)9)4(5,6)7/h2-7H,9H2,1H3;10H,1H3,(H,8,9). The molecule has 0 fully saturated rings. The Morgan fingerprint density at radius 3 is 1.84 bits per heavy atom. The highest BCUT2D eigenvalue weighted by atomic mass is 19.4. The van der Waals surface area contributed by atoms with E-state index in [1.165, 1.54) is 5.56 Å². The van der Waals surface area contributed by atoms with Crippen molar-refractivity contribution in [2.75, 3.05) is 0 Å². The molecule has 108 valence electrons. The molecule has 0 radical (unpaired) electrons. The molecule has 1 aromatic rings. The van der Waals surface area contributed by atoms with Gasteiger partial charge in [-0.3, -0.25) is 0 Å². The lowest BCUT2D eigenvalue weighted by molar-refractivity contribution is -0.253. The van der Waals surface area contributed by atoms with Crippen LogP contribution < -0.4 is 5.73 Å². The Kier molecular flexibility index (Phi) is 5.98. The highest BCUT2D eigenvalue weighted by molar-refractivity contribution is 5.77. The number of carboxylic acid groups (broad SMARTS) is 1. The van der Waals surface area contributed by atoms with Gasteiger partial charge in [0.2, 0.25) is 0 Å². The molecule has 19 heavy (non-hydrogen) atoms. The normalized spacial score (nSPS) is 15.7. The molecule has 4 nitrogen and oxygen atoms in total. The summed E-state index contributed by atoms with van der Waals surface area (Å²) < 4.78 is 34.4. The lowest BCUT2D eigenvalue weighted by Crippen LogP contribution is -2.49. The lowest BCUT2D eigenvalue weighted by atomic mass is 10.1. The summed E-state index contributed by atoms with van der Waals surface area (Å²) in [7, 11) is 0. The first-order valence-corrected chi connectivity index (χ1v) is 5.33. The Bertz CT molecular complexity index is 402. The topological polar surface area (TPSA) is 83.5 Å². The number of carboxylic acids is 1. The van der Waals surface area contributed by atoms with Crippen molar-refractivity contribution < 1.29 is 28.2 Å². The van der Waals surface area contributed by atoms with Gasteiger partial charge in [-0.25, -0.2) is 4.79 Å². The average Bonchev–Trinajstić information content (AvgIpc) is 2.29. The maximum Gasteiger partial charge on any atom is 0.427 e. The molecule has 1 aromatic carbocycles. The van der Waals surface area contributed by atoms with Crippen LogP contribution in [0.5, 0.6) is 0 Å². The third-order valence-electron chi connectivity index (χ3n) is 2.29. The predicted molar refractivity (Wildman–Crippen MR) is 63.4 cm³/mol. The van der Waals surface area contributed by atoms with E-state index in [9.17, 15) is 18.0 Å². The second-order valence-corrected chi connectivity index (χ2v) is 4.07. The largest absolute Gasteiger partial charge is 0.479 e. The summed E-state index contributed by atoms with van der Waals surface area (Å²) in [5, 5.41) is 16.0. The minimum absolute atomic E-state index is 0.159. The van der Waals surface area contributed by atoms with E-state index in [1.807, 2.05) is 37.3 Å². The van der Waals surface area contributed by atoms with Gasteiger partial charge in [0.15, 0.2) is 0 Å². The zero-order chi connectivity index (χ0) is 15.3. The van der Waals surface area contributed by atoms with Crippen LogP contribution in [0.4, 0.5) is 13.2 Å². The van der Waals surface area contributed by atoms with Crippen molar-refractivity contribution in [1.29, 1.82) is 0 Å². The number of aliphatic carboxylic acids is 1. The van der Waals surface area contributed by atoms with Gasteiger partial charge < -0.3 is 15.9 Å². The van der Waals surface area contributed by atoms with Crippen LogP contribution in [0.3, 0.4) is 0 Å². The maximum atomic E-state index is 11.5. The molecule has 2 unspecified atom stereocenters. The van der Waals surface area contributed by atoms with Crippen molar-refractivity contribution in [3.63, 3.8) is 0 Å². The molecule has 1 rings (SSSR count). The third kappa shape index (κ3) is 5.27. The number of aliphatic hydroxyl groups is 1. The molecule has 0 spiro atoms. The van der Waals surface area contributed by atoms with E-state index in [2.05, 4.69) is 0 Å². The van der Waals surface area contributed by atoms with Gasteiger partial charge in [0.25, 0.3) is 5.60 Å². The molecule has 0 bridgehead atoms. The SMILES string of the molecule is CC(N)c1ccccc1.CC(O)(C(=O)O)C(F)(F)F. The Labute approximate surface area is 108 Å². The number of carbonyl (C=O) groups is 1. The molecule has 0 aliphatic carbocycles. The summed E-state index contributed by atoms with van der Waals surface area (Å²) in [6, 6.07) is 10.2. The van der Waals surface area contributed by atoms with Crippen molar-refractivity contribution in [2.45, 2.75) is 31.7 Å². The van der Waals surface area contributed by atoms with Crippen LogP contribution in [0.2, 0.25) is 0 Å². The van der Waals surface area contributed by atoms with Crippen molar-refractivity contribution in [3.05, 3.63) is 35.9 Å². The number of halogens is 3. The minimum atomic E-state index is -5.13. The Morgan fingerprint density at radius 1 is 1.26 bits per heavy atom. The number of nitrogens with two attached hydrogens (primary N) is 1. The zero-order valence-electron chi connectivity index (χ0n) is 10.5. The maximum absolute atomic E-state index is 11.5. The predicted octanol–water partition coefficient (Wildman–Crippen LogP) is 2.09. The van der Waals surface area contributed by atoms with E-state index in [1.54, 1.807) is 0 Å². The highest BCUT2D eigenvalue weighted by Gasteiger charge is 2.56. The first-order valence-electron chi connectivity index (χ1n) is 5.33. The van der Waals surface area contributed by atoms with Gasteiger partial charge in [-0.2, -0.15) is 13.2 Å². The first kappa shape index (κ1) is 17.4. The van der Waals surface area contributed by atoms with Crippen molar-refractivity contribution in [1.82, 2.24) is 0 Å². The summed E-state index contributed by atoms with van der Waals surface area (Å²) in [5.41, 5.74) is 3.16. The van der Waals surface area contributed by atoms with E-state index in [-0.39, 0.29) is 13.0 Å². The average molecular weight is 279 g/mol. The monoisotopic (exact) mass is 279 g/mol. The van der Waals surface area contributed by atoms with Crippen LogP contribution in [0.25, 0.3) is 0 Å². The fourth-order valence-electron chi connectivity index (χ4n) is 0.878. The smallest absolute Gasteiger partial charge is 0.427 e. The molecule has 7 heteroatoms. The second-order valence-electron chi connectivity index (χ2n) is 4.07. The van der Waals surface area contributed by atoms with Gasteiger partial charge in [0.05, 0.1) is 0 Å². The van der Waals surface area contributed by atoms with E-state index >= 15 is 0 Å². The van der Waals surface area contributed by atoms with Crippen LogP contribution in [0.15, 0.2) is 30.3 Å². The molecule has 0 heterocycles. The molecule has 0 aliphatic heterocycles. The van der Waals surface area contributed by atoms with Gasteiger partial charge in [0, 0.05) is 6.04 Å². The van der Waals surface area contributed by atoms with E-state index in [4.69, 9.17) is 15.9 Å². The van der Waals surface area contributed by atoms with Gasteiger partial charge in [0.1, 0.15) is 0 Å². The van der Waals surface area contributed by atoms with E-state index in [0.29, 0.717) is 0 Å². The van der Waals surface area contributed by atoms with E-state index in [0.717, 1.165) is 0 Å². The van der Waals surface area contributed by atoms with Crippen LogP contribution in [-0.2, 0) is 4.79 Å². The van der Waals surface area contributed by atoms with Crippen LogP contribution in [-0.4, -0.2) is 28.0 Å². The van der Waals surface area contributed by atoms with Gasteiger partial charge in [-0.15, -0.1) is 0 Å². The quantitative estimate of drug-likeness (QED) is 0.774. The summed E-state index contributed by atoms with van der Waals surface area (Å²) in [6.45, 7) is 2.16. The fourth-order valence-corrected chi connectivity index (χ4v) is 0.878. The third-order valence-corrected chi connectivity index (χ3v) is 2.29. The molecular weight excluding hydrogens is 263 g/mol. The van der Waals surface area contributed by atoms with Crippen LogP contribution >= 0.6 is 0 Å². The van der Waals surface area contributed by atoms with Crippen LogP contribution in [0.1, 0.15) is 25.5 Å². The summed E-state index contributed by atoms with van der Waals surface area (Å²) in [5.74, 6) is -2.31. The van der Waals surface area contributed by atoms with Gasteiger partial charge >= 0.3 is 12.1 Å². The molecule has 2 atom stereocenters. The number of benzene rings is 1. The number of alkyl halides is 3. The molecule has 4 N–H and O–H groups in total. The summed E-state index contributed by atoms with van der Waals surface area (Å²) in [6.07, 6.45) is -5.13. The minimum Gasteiger partial charge on any atom is -0.479 e. The molecule has 0 aliphatic rings. The highest BCUT2D eigenvalue weighted by Crippen LogP contribution is 2.29. The zero-order valence-corrected chi connectivity index (χ0v) is 10.5. The number of hydrogen-bond donors (Lipinski definition) is 3. The van der Waals surface area contributed by atoms with Crippen molar-refractivity contribution in [3.8, 4) is 0 Å². The fraction of sp³-hybridized carbons (Fsp3) is 0.417. The Morgan fingerprint density at radius 2 is 1.68 bits per heavy atom. The molecular formula is C12H16F3NO3. The Hall–Kier alpha value is -1.60. The van der Waals surface area contributed by atoms with Gasteiger partial charge in [-0.05, 0) is 19.4 Å². The summed E-state index contributed by atoms with van der Waals surface area (Å²) >= 11 is 0.